The molecule has 0 aliphatic carbocycles. The molecule has 3 N–H and O–H groups in total. The molecule has 3 nitrogen and oxygen atoms in total. The zero-order valence-electron chi connectivity index (χ0n) is 15.9. The van der Waals surface area contributed by atoms with Crippen LogP contribution in [-0.4, -0.2) is 19.0 Å². The van der Waals surface area contributed by atoms with Crippen LogP contribution in [0.15, 0.2) is 51.4 Å². The van der Waals surface area contributed by atoms with Crippen molar-refractivity contribution in [1.29, 1.82) is 0 Å². The molecule has 0 spiro atoms. The minimum Gasteiger partial charge on any atom is -0.369 e. The van der Waals surface area contributed by atoms with Crippen molar-refractivity contribution in [1.82, 2.24) is 5.32 Å². The maximum absolute atomic E-state index is 13.6. The van der Waals surface area contributed by atoms with Crippen molar-refractivity contribution in [2.24, 2.45) is 17.6 Å². The summed E-state index contributed by atoms with van der Waals surface area (Å²) in [4.78, 5) is 12.7. The Hall–Kier alpha value is -1.24. The predicted molar refractivity (Wildman–Crippen MR) is 118 cm³/mol. The molecule has 0 saturated carbocycles. The van der Waals surface area contributed by atoms with E-state index in [4.69, 9.17) is 5.73 Å². The highest BCUT2D eigenvalue weighted by molar-refractivity contribution is 9.13. The van der Waals surface area contributed by atoms with E-state index in [0.717, 1.165) is 46.0 Å². The standard InChI is InChI=1S/C22H25Br2FN2O/c1-22(16-8-10-27-11-9-16,15-3-5-17(25)6-4-15)18(21(26)28)12-14-2-7-19(23)20(24)13-14/h2-7,13,16,18,27H,8-12H2,1H3,(H2,26,28). The summed E-state index contributed by atoms with van der Waals surface area (Å²) in [5, 5.41) is 3.39. The number of nitrogens with one attached hydrogen (secondary N) is 1. The van der Waals surface area contributed by atoms with E-state index in [1.807, 2.05) is 30.3 Å². The molecular formula is C22H25Br2FN2O. The molecule has 2 aromatic rings. The van der Waals surface area contributed by atoms with Crippen LogP contribution in [0.4, 0.5) is 4.39 Å². The highest BCUT2D eigenvalue weighted by Crippen LogP contribution is 2.45. The Morgan fingerprint density at radius 1 is 1.18 bits per heavy atom. The highest BCUT2D eigenvalue weighted by Gasteiger charge is 2.45. The summed E-state index contributed by atoms with van der Waals surface area (Å²) in [6, 6.07) is 12.6. The Bertz CT molecular complexity index is 837. The lowest BCUT2D eigenvalue weighted by atomic mass is 9.59. The Labute approximate surface area is 182 Å². The van der Waals surface area contributed by atoms with Crippen LogP contribution in [0.25, 0.3) is 0 Å². The molecular weight excluding hydrogens is 487 g/mol. The predicted octanol–water partition coefficient (Wildman–Crippen LogP) is 4.95. The van der Waals surface area contributed by atoms with Crippen molar-refractivity contribution in [3.8, 4) is 0 Å². The number of carbonyl (C=O) groups is 1. The van der Waals surface area contributed by atoms with Gasteiger partial charge in [-0.05, 0) is 106 Å². The average molecular weight is 512 g/mol. The lowest BCUT2D eigenvalue weighted by Crippen LogP contribution is -2.50. The summed E-state index contributed by atoms with van der Waals surface area (Å²) in [5.74, 6) is -0.696. The van der Waals surface area contributed by atoms with Gasteiger partial charge in [-0.15, -0.1) is 0 Å². The Morgan fingerprint density at radius 3 is 2.39 bits per heavy atom. The van der Waals surface area contributed by atoms with Crippen LogP contribution in [0.2, 0.25) is 0 Å². The lowest BCUT2D eigenvalue weighted by Gasteiger charge is -2.45. The van der Waals surface area contributed by atoms with Gasteiger partial charge in [0.05, 0.1) is 5.92 Å². The second-order valence-electron chi connectivity index (χ2n) is 7.72. The lowest BCUT2D eigenvalue weighted by molar-refractivity contribution is -0.125. The van der Waals surface area contributed by atoms with Gasteiger partial charge in [0.2, 0.25) is 5.91 Å². The van der Waals surface area contributed by atoms with Crippen molar-refractivity contribution in [2.45, 2.75) is 31.6 Å². The van der Waals surface area contributed by atoms with E-state index in [9.17, 15) is 9.18 Å². The number of primary amides is 1. The molecule has 6 heteroatoms. The molecule has 0 aromatic heterocycles. The number of hydrogen-bond acceptors (Lipinski definition) is 2. The van der Waals surface area contributed by atoms with Crippen LogP contribution < -0.4 is 11.1 Å². The number of nitrogens with two attached hydrogens (primary N) is 1. The Balaban J connectivity index is 2.04. The summed E-state index contributed by atoms with van der Waals surface area (Å²) in [5.41, 5.74) is 7.51. The second-order valence-corrected chi connectivity index (χ2v) is 9.43. The molecule has 0 bridgehead atoms. The third-order valence-corrected chi connectivity index (χ3v) is 8.02. The highest BCUT2D eigenvalue weighted by atomic mass is 79.9. The average Bonchev–Trinajstić information content (AvgIpc) is 2.69. The van der Waals surface area contributed by atoms with E-state index >= 15 is 0 Å². The third kappa shape index (κ3) is 4.50. The first-order chi connectivity index (χ1) is 13.3. The molecule has 3 rings (SSSR count). The summed E-state index contributed by atoms with van der Waals surface area (Å²) < 4.78 is 15.5. The summed E-state index contributed by atoms with van der Waals surface area (Å²) in [6.45, 7) is 3.95. The van der Waals surface area contributed by atoms with Crippen LogP contribution in [-0.2, 0) is 16.6 Å². The first kappa shape index (κ1) is 21.5. The first-order valence-corrected chi connectivity index (χ1v) is 11.1. The minimum atomic E-state index is -0.471. The monoisotopic (exact) mass is 510 g/mol. The summed E-state index contributed by atoms with van der Waals surface area (Å²) in [6.07, 6.45) is 2.46. The maximum Gasteiger partial charge on any atom is 0.221 e. The van der Waals surface area contributed by atoms with E-state index in [1.54, 1.807) is 0 Å². The van der Waals surface area contributed by atoms with Gasteiger partial charge in [0, 0.05) is 14.4 Å². The zero-order valence-corrected chi connectivity index (χ0v) is 19.0. The number of amides is 1. The molecule has 2 atom stereocenters. The van der Waals surface area contributed by atoms with Gasteiger partial charge in [-0.25, -0.2) is 4.39 Å². The molecule has 0 radical (unpaired) electrons. The minimum absolute atomic E-state index is 0.274. The number of benzene rings is 2. The van der Waals surface area contributed by atoms with E-state index < -0.39 is 11.3 Å². The fourth-order valence-corrected chi connectivity index (χ4v) is 5.14. The van der Waals surface area contributed by atoms with Gasteiger partial charge in [-0.1, -0.05) is 25.1 Å². The number of halogens is 3. The van der Waals surface area contributed by atoms with Crippen LogP contribution in [0.3, 0.4) is 0 Å². The van der Waals surface area contributed by atoms with Gasteiger partial charge < -0.3 is 11.1 Å². The van der Waals surface area contributed by atoms with Gasteiger partial charge in [-0.3, -0.25) is 4.79 Å². The summed E-state index contributed by atoms with van der Waals surface area (Å²) >= 11 is 7.03. The molecule has 150 valence electrons. The molecule has 2 unspecified atom stereocenters. The fourth-order valence-electron chi connectivity index (χ4n) is 4.46. The number of hydrogen-bond donors (Lipinski definition) is 2. The van der Waals surface area contributed by atoms with Crippen molar-refractivity contribution >= 4 is 37.8 Å². The Kier molecular flexibility index (Phi) is 6.94. The summed E-state index contributed by atoms with van der Waals surface area (Å²) in [7, 11) is 0. The topological polar surface area (TPSA) is 55.1 Å². The van der Waals surface area contributed by atoms with E-state index in [-0.39, 0.29) is 17.6 Å². The third-order valence-electron chi connectivity index (χ3n) is 6.14. The Morgan fingerprint density at radius 2 is 1.82 bits per heavy atom. The van der Waals surface area contributed by atoms with Gasteiger partial charge in [0.1, 0.15) is 5.82 Å². The number of carbonyl (C=O) groups excluding carboxylic acids is 1. The number of rotatable bonds is 6. The van der Waals surface area contributed by atoms with Crippen LogP contribution in [0.5, 0.6) is 0 Å². The largest absolute Gasteiger partial charge is 0.369 e. The molecule has 1 aliphatic heterocycles. The quantitative estimate of drug-likeness (QED) is 0.576. The van der Waals surface area contributed by atoms with E-state index in [0.29, 0.717) is 6.42 Å². The molecule has 1 amide bonds. The second kappa shape index (κ2) is 9.06. The smallest absolute Gasteiger partial charge is 0.221 e. The SMILES string of the molecule is CC(c1ccc(F)cc1)(C1CCNCC1)C(Cc1ccc(Br)c(Br)c1)C(N)=O. The normalized spacial score (nSPS) is 18.4. The fraction of sp³-hybridized carbons (Fsp3) is 0.409. The van der Waals surface area contributed by atoms with Crippen molar-refractivity contribution < 1.29 is 9.18 Å². The van der Waals surface area contributed by atoms with Gasteiger partial charge in [0.25, 0.3) is 0 Å². The van der Waals surface area contributed by atoms with Crippen molar-refractivity contribution in [2.75, 3.05) is 13.1 Å². The van der Waals surface area contributed by atoms with Gasteiger partial charge >= 0.3 is 0 Å². The molecule has 1 aliphatic rings. The van der Waals surface area contributed by atoms with E-state index in [1.165, 1.54) is 12.1 Å². The van der Waals surface area contributed by atoms with Gasteiger partial charge in [-0.2, -0.15) is 0 Å². The van der Waals surface area contributed by atoms with Crippen molar-refractivity contribution in [3.63, 3.8) is 0 Å². The van der Waals surface area contributed by atoms with Crippen molar-refractivity contribution in [3.05, 3.63) is 68.4 Å². The van der Waals surface area contributed by atoms with Crippen LogP contribution in [0.1, 0.15) is 30.9 Å². The zero-order chi connectivity index (χ0) is 20.3. The molecule has 1 saturated heterocycles. The first-order valence-electron chi connectivity index (χ1n) is 9.52. The van der Waals surface area contributed by atoms with E-state index in [2.05, 4.69) is 44.1 Å². The maximum atomic E-state index is 13.6. The molecule has 2 aromatic carbocycles. The molecule has 1 heterocycles. The molecule has 28 heavy (non-hydrogen) atoms. The van der Waals surface area contributed by atoms with Crippen LogP contribution >= 0.6 is 31.9 Å². The van der Waals surface area contributed by atoms with Gasteiger partial charge in [0.15, 0.2) is 0 Å². The number of piperidine rings is 1. The van der Waals surface area contributed by atoms with Crippen LogP contribution in [0, 0.1) is 17.7 Å². The molecule has 1 fully saturated rings.